The van der Waals surface area contributed by atoms with Gasteiger partial charge in [0.25, 0.3) is 0 Å². The summed E-state index contributed by atoms with van der Waals surface area (Å²) in [5, 5.41) is 3.16. The van der Waals surface area contributed by atoms with Gasteiger partial charge in [0.1, 0.15) is 36.0 Å². The van der Waals surface area contributed by atoms with E-state index >= 15 is 0 Å². The molecule has 8 nitrogen and oxygen atoms in total. The number of carbonyl (C=O) groups excluding carboxylic acids is 1. The molecule has 1 aromatic rings. The van der Waals surface area contributed by atoms with Gasteiger partial charge in [0.15, 0.2) is 0 Å². The predicted octanol–water partition coefficient (Wildman–Crippen LogP) is 6.78. The molecular formula is C34H51F2N3O5. The second kappa shape index (κ2) is 16.9. The Morgan fingerprint density at radius 1 is 1.14 bits per heavy atom. The lowest BCUT2D eigenvalue weighted by molar-refractivity contribution is -0.163. The summed E-state index contributed by atoms with van der Waals surface area (Å²) < 4.78 is 50.6. The van der Waals surface area contributed by atoms with Crippen LogP contribution in [-0.2, 0) is 20.8 Å². The normalized spacial score (nSPS) is 20.9. The number of hydrogen-bond acceptors (Lipinski definition) is 8. The maximum absolute atomic E-state index is 13.7. The van der Waals surface area contributed by atoms with Crippen molar-refractivity contribution in [3.63, 3.8) is 0 Å². The topological polar surface area (TPSA) is 72.5 Å². The number of carbonyl (C=O) groups is 1. The van der Waals surface area contributed by atoms with E-state index < -0.39 is 18.8 Å². The maximum Gasteiger partial charge on any atom is 0.387 e. The van der Waals surface area contributed by atoms with E-state index in [-0.39, 0.29) is 36.0 Å². The van der Waals surface area contributed by atoms with Gasteiger partial charge in [-0.25, -0.2) is 0 Å². The first kappa shape index (κ1) is 35.5. The Kier molecular flexibility index (Phi) is 13.7. The van der Waals surface area contributed by atoms with Gasteiger partial charge in [0, 0.05) is 44.7 Å². The van der Waals surface area contributed by atoms with Crippen LogP contribution in [0.2, 0.25) is 0 Å². The third-order valence-electron chi connectivity index (χ3n) is 8.11. The van der Waals surface area contributed by atoms with Crippen molar-refractivity contribution >= 4 is 11.7 Å². The van der Waals surface area contributed by atoms with Crippen molar-refractivity contribution in [2.45, 2.75) is 97.4 Å². The van der Waals surface area contributed by atoms with E-state index in [1.54, 1.807) is 19.2 Å². The van der Waals surface area contributed by atoms with Gasteiger partial charge in [-0.15, -0.1) is 0 Å². The number of allylic oxidation sites excluding steroid dienone is 3. The molecule has 0 bridgehead atoms. The number of nitrogens with zero attached hydrogens (tertiary/aromatic N) is 2. The van der Waals surface area contributed by atoms with Crippen molar-refractivity contribution in [3.8, 4) is 11.5 Å². The van der Waals surface area contributed by atoms with Gasteiger partial charge in [-0.2, -0.15) is 8.78 Å². The summed E-state index contributed by atoms with van der Waals surface area (Å²) in [6.45, 7) is 12.2. The highest BCUT2D eigenvalue weighted by Crippen LogP contribution is 2.38. The van der Waals surface area contributed by atoms with E-state index in [4.69, 9.17) is 18.9 Å². The highest BCUT2D eigenvalue weighted by molar-refractivity contribution is 5.76. The first-order chi connectivity index (χ1) is 21.0. The second-order valence-electron chi connectivity index (χ2n) is 12.3. The summed E-state index contributed by atoms with van der Waals surface area (Å²) in [6.07, 6.45) is 12.4. The number of hydrogen-bond donors (Lipinski definition) is 1. The maximum atomic E-state index is 13.7. The van der Waals surface area contributed by atoms with Crippen LogP contribution in [0.25, 0.3) is 0 Å². The first-order valence-corrected chi connectivity index (χ1v) is 15.6. The monoisotopic (exact) mass is 619 g/mol. The molecule has 0 aliphatic carbocycles. The van der Waals surface area contributed by atoms with Crippen LogP contribution in [0.15, 0.2) is 49.1 Å². The summed E-state index contributed by atoms with van der Waals surface area (Å²) in [5.41, 5.74) is 1.40. The lowest BCUT2D eigenvalue weighted by Gasteiger charge is -2.49. The zero-order valence-electron chi connectivity index (χ0n) is 27.2. The number of nitrogens with one attached hydrogen (secondary N) is 1. The second-order valence-corrected chi connectivity index (χ2v) is 12.3. The predicted molar refractivity (Wildman–Crippen MR) is 170 cm³/mol. The average Bonchev–Trinajstić information content (AvgIpc) is 3.43. The van der Waals surface area contributed by atoms with Crippen molar-refractivity contribution in [2.24, 2.45) is 5.41 Å². The van der Waals surface area contributed by atoms with Crippen molar-refractivity contribution in [3.05, 3.63) is 54.7 Å². The van der Waals surface area contributed by atoms with E-state index in [0.29, 0.717) is 42.8 Å². The van der Waals surface area contributed by atoms with Crippen molar-refractivity contribution in [2.75, 3.05) is 39.1 Å². The van der Waals surface area contributed by atoms with Gasteiger partial charge in [-0.1, -0.05) is 57.7 Å². The van der Waals surface area contributed by atoms with Crippen molar-refractivity contribution < 1.29 is 32.5 Å². The highest BCUT2D eigenvalue weighted by Gasteiger charge is 2.39. The lowest BCUT2D eigenvalue weighted by Crippen LogP contribution is -2.58. The Labute approximate surface area is 262 Å². The number of halogens is 2. The van der Waals surface area contributed by atoms with E-state index in [2.05, 4.69) is 56.6 Å². The van der Waals surface area contributed by atoms with Crippen LogP contribution in [0, 0.1) is 5.41 Å². The van der Waals surface area contributed by atoms with E-state index in [9.17, 15) is 13.6 Å². The molecule has 2 aliphatic heterocycles. The molecule has 0 saturated carbocycles. The van der Waals surface area contributed by atoms with Crippen molar-refractivity contribution in [1.82, 2.24) is 9.80 Å². The van der Waals surface area contributed by atoms with Gasteiger partial charge in [-0.3, -0.25) is 14.6 Å². The van der Waals surface area contributed by atoms with Gasteiger partial charge in [0.2, 0.25) is 0 Å². The van der Waals surface area contributed by atoms with Crippen LogP contribution in [0.1, 0.15) is 65.4 Å². The Balaban J connectivity index is 1.94. The number of ether oxygens (including phenoxy) is 4. The average molecular weight is 620 g/mol. The molecule has 44 heavy (non-hydrogen) atoms. The zero-order chi connectivity index (χ0) is 32.3. The van der Waals surface area contributed by atoms with Crippen LogP contribution in [0.4, 0.5) is 14.5 Å². The molecule has 0 amide bonds. The number of anilines is 1. The number of benzene rings is 1. The molecule has 2 saturated heterocycles. The molecule has 2 fully saturated rings. The van der Waals surface area contributed by atoms with E-state index in [0.717, 1.165) is 25.9 Å². The van der Waals surface area contributed by atoms with Crippen LogP contribution in [-0.4, -0.2) is 80.7 Å². The molecule has 0 radical (unpaired) electrons. The third kappa shape index (κ3) is 10.0. The molecule has 2 aliphatic rings. The van der Waals surface area contributed by atoms with Gasteiger partial charge in [0.05, 0.1) is 12.8 Å². The van der Waals surface area contributed by atoms with Gasteiger partial charge >= 0.3 is 12.6 Å². The molecule has 1 N–H and O–H groups in total. The largest absolute Gasteiger partial charge is 0.485 e. The first-order valence-electron chi connectivity index (χ1n) is 15.6. The fourth-order valence-corrected chi connectivity index (χ4v) is 5.95. The SMILES string of the molecule is C=C/C=C\CC(Oc1cc(OC(F)F)c(CN2CCC[C@H]2C(=O)OC)cc1NC)[C@@H](C/C=C\CC)OC(C)N1CC(C)(C)C1. The van der Waals surface area contributed by atoms with Crippen LogP contribution in [0.5, 0.6) is 11.5 Å². The molecule has 2 unspecified atom stereocenters. The fourth-order valence-electron chi connectivity index (χ4n) is 5.95. The quantitative estimate of drug-likeness (QED) is 0.110. The smallest absolute Gasteiger partial charge is 0.387 e. The molecule has 0 spiro atoms. The standard InChI is InChI=1S/C34H51F2N3O5/c1-8-10-12-16-28(42-24(3)39-22-34(4,5)23-39)29(17-13-11-9-2)43-31-20-30(44-33(35)36)25(19-26(31)37-6)21-38-18-14-15-27(38)32(40)41-7/h9-13,19-20,24,27-29,33,37H,2,8,14-18,21-23H2,1,3-7H3/b12-10-,13-11-/t24?,27-,28+,29?/m0/s1. The minimum Gasteiger partial charge on any atom is -0.485 e. The van der Waals surface area contributed by atoms with E-state index in [1.165, 1.54) is 13.2 Å². The number of rotatable bonds is 18. The van der Waals surface area contributed by atoms with Crippen LogP contribution >= 0.6 is 0 Å². The lowest BCUT2D eigenvalue weighted by atomic mass is 9.84. The molecule has 0 aromatic heterocycles. The number of methoxy groups -OCH3 is 1. The summed E-state index contributed by atoms with van der Waals surface area (Å²) in [7, 11) is 3.11. The van der Waals surface area contributed by atoms with Crippen molar-refractivity contribution in [1.29, 1.82) is 0 Å². The summed E-state index contributed by atoms with van der Waals surface area (Å²) in [5.74, 6) is 0.0484. The Morgan fingerprint density at radius 2 is 1.86 bits per heavy atom. The molecule has 3 rings (SSSR count). The molecule has 1 aromatic carbocycles. The van der Waals surface area contributed by atoms with Gasteiger partial charge < -0.3 is 24.3 Å². The summed E-state index contributed by atoms with van der Waals surface area (Å²) in [6, 6.07) is 2.84. The number of esters is 1. The minimum atomic E-state index is -3.03. The summed E-state index contributed by atoms with van der Waals surface area (Å²) >= 11 is 0. The third-order valence-corrected chi connectivity index (χ3v) is 8.11. The number of alkyl halides is 2. The fraction of sp³-hybridized carbons (Fsp3) is 0.618. The van der Waals surface area contributed by atoms with Crippen LogP contribution in [0.3, 0.4) is 0 Å². The Bertz CT molecular complexity index is 1130. The zero-order valence-corrected chi connectivity index (χ0v) is 27.2. The summed E-state index contributed by atoms with van der Waals surface area (Å²) in [4.78, 5) is 16.6. The molecule has 246 valence electrons. The Hall–Kier alpha value is -2.95. The van der Waals surface area contributed by atoms with Crippen LogP contribution < -0.4 is 14.8 Å². The minimum absolute atomic E-state index is 0.00410. The van der Waals surface area contributed by atoms with Gasteiger partial charge in [-0.05, 0) is 50.6 Å². The molecule has 2 heterocycles. The molecular weight excluding hydrogens is 568 g/mol. The molecule has 4 atom stereocenters. The Morgan fingerprint density at radius 3 is 2.48 bits per heavy atom. The highest BCUT2D eigenvalue weighted by atomic mass is 19.3. The van der Waals surface area contributed by atoms with E-state index in [1.807, 2.05) is 17.1 Å². The number of likely N-dealkylation sites (tertiary alicyclic amines) is 2. The molecule has 10 heteroatoms.